The molecule has 6 aromatic carbocycles. The molecule has 0 N–H and O–H groups in total. The Morgan fingerprint density at radius 1 is 0.652 bits per heavy atom. The fraction of sp³-hybridized carbons (Fsp3) is 0.143. The summed E-state index contributed by atoms with van der Waals surface area (Å²) < 4.78 is 63.6. The summed E-state index contributed by atoms with van der Waals surface area (Å²) in [6, 6.07) is 35.4. The molecule has 0 amide bonds. The summed E-state index contributed by atoms with van der Waals surface area (Å²) >= 11 is 0. The van der Waals surface area contributed by atoms with Crippen LogP contribution in [0.25, 0.3) is 0 Å². The predicted molar refractivity (Wildman–Crippen MR) is 194 cm³/mol. The minimum atomic E-state index is -1.16. The summed E-state index contributed by atoms with van der Waals surface area (Å²) in [5, 5.41) is 0. The van der Waals surface area contributed by atoms with E-state index in [9.17, 15) is 2.74 Å². The molecule has 0 radical (unpaired) electrons. The predicted octanol–water partition coefficient (Wildman–Crippen LogP) is 8.95. The number of fused-ring (bicyclic) bond motifs is 8. The van der Waals surface area contributed by atoms with Crippen molar-refractivity contribution in [2.75, 3.05) is 14.7 Å². The molecular weight excluding hydrogens is 557 g/mol. The molecule has 4 heteroatoms. The summed E-state index contributed by atoms with van der Waals surface area (Å²) in [6.45, 7) is -0.257. The van der Waals surface area contributed by atoms with Gasteiger partial charge in [-0.1, -0.05) is 91.6 Å². The molecule has 1 fully saturated rings. The van der Waals surface area contributed by atoms with Gasteiger partial charge in [0, 0.05) is 58.8 Å². The quantitative estimate of drug-likeness (QED) is 0.187. The summed E-state index contributed by atoms with van der Waals surface area (Å²) in [5.74, 6) is -1.09. The summed E-state index contributed by atoms with van der Waals surface area (Å²) in [4.78, 5) is 6.22. The van der Waals surface area contributed by atoms with Gasteiger partial charge in [-0.3, -0.25) is 0 Å². The zero-order chi connectivity index (χ0) is 36.4. The van der Waals surface area contributed by atoms with Crippen LogP contribution in [0.5, 0.6) is 0 Å². The highest BCUT2D eigenvalue weighted by atomic mass is 15.2. The van der Waals surface area contributed by atoms with Gasteiger partial charge in [0.2, 0.25) is 0 Å². The Balaban J connectivity index is 1.29. The fourth-order valence-electron chi connectivity index (χ4n) is 8.24. The van der Waals surface area contributed by atoms with Crippen molar-refractivity contribution in [2.24, 2.45) is 0 Å². The topological polar surface area (TPSA) is 9.72 Å². The van der Waals surface area contributed by atoms with E-state index >= 15 is 0 Å². The second-order valence-corrected chi connectivity index (χ2v) is 12.4. The van der Waals surface area contributed by atoms with Crippen LogP contribution < -0.4 is 31.1 Å². The highest BCUT2D eigenvalue weighted by Crippen LogP contribution is 2.54. The maximum atomic E-state index is 10.1. The van der Waals surface area contributed by atoms with Gasteiger partial charge in [-0.2, -0.15) is 0 Å². The van der Waals surface area contributed by atoms with Crippen LogP contribution in [0.15, 0.2) is 145 Å². The Bertz CT molecular complexity index is 2470. The van der Waals surface area contributed by atoms with E-state index < -0.39 is 30.0 Å². The number of hydrogen-bond donors (Lipinski definition) is 0. The number of benzene rings is 6. The van der Waals surface area contributed by atoms with Crippen molar-refractivity contribution in [3.05, 3.63) is 151 Å². The summed E-state index contributed by atoms with van der Waals surface area (Å²) in [5.41, 5.74) is 10.3. The van der Waals surface area contributed by atoms with E-state index in [1.165, 1.54) is 0 Å². The smallest absolute Gasteiger partial charge is 0.252 e. The average Bonchev–Trinajstić information content (AvgIpc) is 3.41. The molecule has 0 saturated heterocycles. The van der Waals surface area contributed by atoms with Crippen molar-refractivity contribution in [2.45, 2.75) is 37.6 Å². The minimum Gasteiger partial charge on any atom is -0.338 e. The Kier molecular flexibility index (Phi) is 4.42. The van der Waals surface area contributed by atoms with Gasteiger partial charge in [0.15, 0.2) is 0 Å². The van der Waals surface area contributed by atoms with Crippen LogP contribution in [0.3, 0.4) is 0 Å². The molecule has 3 heterocycles. The van der Waals surface area contributed by atoms with Crippen molar-refractivity contribution in [1.82, 2.24) is 0 Å². The van der Waals surface area contributed by atoms with E-state index in [-0.39, 0.29) is 24.5 Å². The SMILES string of the molecule is [2H]c1c([2H])c([2H])c(N(c2ccccc2)c2ccc3c(c2)B2c4ccccc4N4c5c(ccc(c52)N3c2ccccc2)C2([2H])CCCCC42[2H])c([2H])c1[2H]. The van der Waals surface area contributed by atoms with Crippen molar-refractivity contribution < 1.29 is 9.60 Å². The molecule has 1 aliphatic carbocycles. The van der Waals surface area contributed by atoms with Crippen molar-refractivity contribution in [3.8, 4) is 0 Å². The normalized spacial score (nSPS) is 23.7. The van der Waals surface area contributed by atoms with Crippen molar-refractivity contribution in [3.63, 3.8) is 0 Å². The van der Waals surface area contributed by atoms with Gasteiger partial charge in [0.25, 0.3) is 6.71 Å². The molecule has 3 aliphatic heterocycles. The third-order valence-corrected chi connectivity index (χ3v) is 10.0. The van der Waals surface area contributed by atoms with Gasteiger partial charge in [-0.25, -0.2) is 0 Å². The molecule has 3 nitrogen and oxygen atoms in total. The Hall–Kier alpha value is -5.22. The van der Waals surface area contributed by atoms with E-state index in [4.69, 9.17) is 6.85 Å². The van der Waals surface area contributed by atoms with E-state index in [0.717, 1.165) is 63.2 Å². The Morgan fingerprint density at radius 2 is 1.39 bits per heavy atom. The maximum Gasteiger partial charge on any atom is 0.252 e. The van der Waals surface area contributed by atoms with Crippen molar-refractivity contribution in [1.29, 1.82) is 0 Å². The van der Waals surface area contributed by atoms with Gasteiger partial charge in [-0.05, 0) is 101 Å². The number of para-hydroxylation sites is 4. The molecule has 2 atom stereocenters. The zero-order valence-electron chi connectivity index (χ0n) is 32.2. The molecule has 6 aromatic rings. The Morgan fingerprint density at radius 3 is 2.24 bits per heavy atom. The van der Waals surface area contributed by atoms with Crippen LogP contribution in [-0.4, -0.2) is 12.7 Å². The summed E-state index contributed by atoms with van der Waals surface area (Å²) in [6.07, 6.45) is 3.04. The molecule has 46 heavy (non-hydrogen) atoms. The van der Waals surface area contributed by atoms with Gasteiger partial charge in [0.1, 0.15) is 0 Å². The highest BCUT2D eigenvalue weighted by molar-refractivity contribution is 7.00. The molecule has 220 valence electrons. The van der Waals surface area contributed by atoms with E-state index in [2.05, 4.69) is 58.3 Å². The van der Waals surface area contributed by atoms with Crippen LogP contribution >= 0.6 is 0 Å². The molecule has 2 unspecified atom stereocenters. The standard InChI is InChI=1S/C42H34BN3/c1-4-14-29(15-5-1)44(30-16-6-2-7-17-30)32-24-26-39-36(28-32)43-35-21-11-13-23-38(35)46-37-22-12-10-20-33(37)34-25-27-40(41(43)42(34)46)45(39)31-18-8-3-9-19-31/h1-9,11,13-19,21,23-28,33,37H,10,12,20,22H2/i1D,4D,5D,14D,15D,33D,37D. The second kappa shape index (κ2) is 10.2. The highest BCUT2D eigenvalue weighted by Gasteiger charge is 2.50. The molecule has 0 aromatic heterocycles. The average molecular weight is 599 g/mol. The first-order valence-corrected chi connectivity index (χ1v) is 16.1. The molecule has 4 aliphatic rings. The molecular formula is C42H34BN3. The van der Waals surface area contributed by atoms with E-state index in [0.29, 0.717) is 24.2 Å². The minimum absolute atomic E-state index is 0.0748. The van der Waals surface area contributed by atoms with Crippen LogP contribution in [-0.2, 0) is 0 Å². The summed E-state index contributed by atoms with van der Waals surface area (Å²) in [7, 11) is 0. The van der Waals surface area contributed by atoms with Crippen LogP contribution in [0.1, 0.15) is 46.7 Å². The second-order valence-electron chi connectivity index (χ2n) is 12.4. The number of rotatable bonds is 4. The lowest BCUT2D eigenvalue weighted by Gasteiger charge is -2.44. The van der Waals surface area contributed by atoms with Crippen molar-refractivity contribution >= 4 is 68.6 Å². The van der Waals surface area contributed by atoms with Gasteiger partial charge in [0.05, 0.1) is 8.22 Å². The zero-order valence-corrected chi connectivity index (χ0v) is 25.2. The molecule has 1 saturated carbocycles. The molecule has 0 bridgehead atoms. The largest absolute Gasteiger partial charge is 0.338 e. The third kappa shape index (κ3) is 3.67. The molecule has 10 rings (SSSR count). The van der Waals surface area contributed by atoms with Gasteiger partial charge < -0.3 is 14.7 Å². The van der Waals surface area contributed by atoms with Crippen LogP contribution in [0.2, 0.25) is 0 Å². The number of anilines is 8. The van der Waals surface area contributed by atoms with Crippen LogP contribution in [0, 0.1) is 0 Å². The third-order valence-electron chi connectivity index (χ3n) is 10.0. The van der Waals surface area contributed by atoms with E-state index in [1.807, 2.05) is 66.7 Å². The van der Waals surface area contributed by atoms with Gasteiger partial charge in [-0.15, -0.1) is 0 Å². The fourth-order valence-corrected chi connectivity index (χ4v) is 8.24. The lowest BCUT2D eigenvalue weighted by molar-refractivity contribution is 0.402. The lowest BCUT2D eigenvalue weighted by atomic mass is 9.33. The monoisotopic (exact) mass is 598 g/mol. The lowest BCUT2D eigenvalue weighted by Crippen LogP contribution is -2.62. The van der Waals surface area contributed by atoms with E-state index in [1.54, 1.807) is 4.90 Å². The maximum absolute atomic E-state index is 10.1. The Labute approximate surface area is 281 Å². The number of nitrogens with zero attached hydrogens (tertiary/aromatic N) is 3. The first kappa shape index (κ1) is 20.0. The number of hydrogen-bond acceptors (Lipinski definition) is 3. The van der Waals surface area contributed by atoms with Crippen LogP contribution in [0.4, 0.5) is 45.5 Å². The molecule has 0 spiro atoms. The first-order chi connectivity index (χ1) is 25.7. The van der Waals surface area contributed by atoms with Gasteiger partial charge >= 0.3 is 0 Å². The first-order valence-electron chi connectivity index (χ1n) is 19.6.